The quantitative estimate of drug-likeness (QED) is 0.194. The third kappa shape index (κ3) is 5.25. The van der Waals surface area contributed by atoms with E-state index in [1.807, 2.05) is 42.5 Å². The van der Waals surface area contributed by atoms with E-state index in [0.29, 0.717) is 5.75 Å². The molecule has 1 nitrogen and oxygen atoms in total. The van der Waals surface area contributed by atoms with Crippen molar-refractivity contribution in [1.29, 1.82) is 0 Å². The maximum absolute atomic E-state index is 14.5. The Bertz CT molecular complexity index is 1280. The van der Waals surface area contributed by atoms with Gasteiger partial charge in [0.1, 0.15) is 28.9 Å². The smallest absolute Gasteiger partial charge is 0.165 e. The summed E-state index contributed by atoms with van der Waals surface area (Å²) in [5.74, 6) is 0.562. The van der Waals surface area contributed by atoms with E-state index in [1.165, 1.54) is 22.0 Å². The molecule has 0 N–H and O–H groups in total. The van der Waals surface area contributed by atoms with Gasteiger partial charge in [0.15, 0.2) is 11.6 Å². The fourth-order valence-electron chi connectivity index (χ4n) is 4.80. The van der Waals surface area contributed by atoms with Gasteiger partial charge in [-0.3, -0.25) is 0 Å². The van der Waals surface area contributed by atoms with Gasteiger partial charge in [-0.25, -0.2) is 4.39 Å². The highest BCUT2D eigenvalue weighted by Crippen LogP contribution is 2.55. The zero-order valence-corrected chi connectivity index (χ0v) is 21.0. The fourth-order valence-corrected chi connectivity index (χ4v) is 9.14. The van der Waals surface area contributed by atoms with Gasteiger partial charge >= 0.3 is 0 Å². The molecule has 0 radical (unpaired) electrons. The van der Waals surface area contributed by atoms with Crippen molar-refractivity contribution in [3.63, 3.8) is 0 Å². The average Bonchev–Trinajstić information content (AvgIpc) is 2.95. The maximum atomic E-state index is 14.5. The average molecular weight is 492 g/mol. The van der Waals surface area contributed by atoms with Crippen molar-refractivity contribution in [2.24, 2.45) is 0 Å². The third-order valence-electron chi connectivity index (χ3n) is 6.52. The number of aryl methyl sites for hydroxylation is 1. The molecule has 0 saturated heterocycles. The van der Waals surface area contributed by atoms with Gasteiger partial charge in [-0.15, -0.1) is 0 Å². The van der Waals surface area contributed by atoms with Crippen molar-refractivity contribution in [2.75, 3.05) is 6.16 Å². The Hall–Kier alpha value is -3.74. The molecule has 0 spiro atoms. The molecule has 0 unspecified atom stereocenters. The van der Waals surface area contributed by atoms with Crippen LogP contribution in [0, 0.1) is 5.82 Å². The van der Waals surface area contributed by atoms with Crippen molar-refractivity contribution in [2.45, 2.75) is 12.8 Å². The van der Waals surface area contributed by atoms with Crippen molar-refractivity contribution < 1.29 is 9.13 Å². The van der Waals surface area contributed by atoms with E-state index in [2.05, 4.69) is 91.0 Å². The number of hydrogen-bond acceptors (Lipinski definition) is 1. The normalized spacial score (nSPS) is 11.2. The minimum absolute atomic E-state index is 0.272. The van der Waals surface area contributed by atoms with E-state index < -0.39 is 7.26 Å². The molecule has 0 heterocycles. The molecule has 0 amide bonds. The van der Waals surface area contributed by atoms with Gasteiger partial charge in [0.25, 0.3) is 0 Å². The molecule has 3 heteroatoms. The lowest BCUT2D eigenvalue weighted by molar-refractivity contribution is 0.441. The van der Waals surface area contributed by atoms with E-state index >= 15 is 0 Å². The highest BCUT2D eigenvalue weighted by molar-refractivity contribution is 7.95. The number of benzene rings is 5. The van der Waals surface area contributed by atoms with Crippen molar-refractivity contribution >= 4 is 23.2 Å². The standard InChI is InChI=1S/C33H29FOP/c34-32-24-23-27(26-33(32)35-28-15-5-1-6-16-28)14-13-25-36(29-17-7-2-8-18-29,30-19-9-3-10-20-30)31-21-11-4-12-22-31/h1-12,15-24,26H,13-14,25H2/q+1. The van der Waals surface area contributed by atoms with Crippen molar-refractivity contribution in [1.82, 2.24) is 0 Å². The summed E-state index contributed by atoms with van der Waals surface area (Å²) in [5, 5.41) is 4.15. The lowest BCUT2D eigenvalue weighted by Gasteiger charge is -2.27. The van der Waals surface area contributed by atoms with Crippen molar-refractivity contribution in [3.8, 4) is 11.5 Å². The Kier molecular flexibility index (Phi) is 7.55. The highest BCUT2D eigenvalue weighted by Gasteiger charge is 2.44. The van der Waals surface area contributed by atoms with E-state index in [4.69, 9.17) is 4.74 Å². The molecular weight excluding hydrogens is 462 g/mol. The van der Waals surface area contributed by atoms with Crippen molar-refractivity contribution in [3.05, 3.63) is 151 Å². The number of para-hydroxylation sites is 1. The van der Waals surface area contributed by atoms with E-state index in [0.717, 1.165) is 24.6 Å². The minimum atomic E-state index is -1.87. The second kappa shape index (κ2) is 11.3. The molecule has 0 fully saturated rings. The van der Waals surface area contributed by atoms with Crippen LogP contribution in [0.2, 0.25) is 0 Å². The van der Waals surface area contributed by atoms with Crippen LogP contribution in [-0.4, -0.2) is 6.16 Å². The summed E-state index contributed by atoms with van der Waals surface area (Å²) in [6, 6.07) is 47.4. The second-order valence-electron chi connectivity index (χ2n) is 8.82. The Balaban J connectivity index is 1.45. The molecule has 5 aromatic rings. The summed E-state index contributed by atoms with van der Waals surface area (Å²) in [6.45, 7) is 0. The topological polar surface area (TPSA) is 9.23 Å². The lowest BCUT2D eigenvalue weighted by atomic mass is 10.1. The number of halogens is 1. The molecule has 0 aliphatic rings. The van der Waals surface area contributed by atoms with E-state index in [1.54, 1.807) is 0 Å². The first-order chi connectivity index (χ1) is 17.8. The van der Waals surface area contributed by atoms with Gasteiger partial charge in [0.2, 0.25) is 0 Å². The van der Waals surface area contributed by atoms with Gasteiger partial charge in [-0.2, -0.15) is 0 Å². The van der Waals surface area contributed by atoms with Crippen LogP contribution in [0.4, 0.5) is 4.39 Å². The van der Waals surface area contributed by atoms with Crippen LogP contribution in [0.1, 0.15) is 12.0 Å². The SMILES string of the molecule is Fc1ccc(CCC[P+](c2ccccc2)(c2ccccc2)c2ccccc2)cc1Oc1ccccc1. The maximum Gasteiger partial charge on any atom is 0.165 e. The third-order valence-corrected chi connectivity index (χ3v) is 11.0. The molecule has 0 aliphatic heterocycles. The molecule has 0 aliphatic carbocycles. The van der Waals surface area contributed by atoms with Crippen LogP contribution in [0.25, 0.3) is 0 Å². The monoisotopic (exact) mass is 491 g/mol. The Morgan fingerprint density at radius 3 is 1.53 bits per heavy atom. The summed E-state index contributed by atoms with van der Waals surface area (Å²) in [7, 11) is -1.87. The fraction of sp³-hybridized carbons (Fsp3) is 0.0909. The largest absolute Gasteiger partial charge is 0.454 e. The van der Waals surface area contributed by atoms with Crippen LogP contribution in [0.5, 0.6) is 11.5 Å². The molecule has 0 aromatic heterocycles. The Morgan fingerprint density at radius 2 is 1.03 bits per heavy atom. The molecule has 36 heavy (non-hydrogen) atoms. The number of ether oxygens (including phenoxy) is 1. The lowest BCUT2D eigenvalue weighted by Crippen LogP contribution is -2.33. The molecule has 5 rings (SSSR count). The molecule has 0 atom stereocenters. The predicted octanol–water partition coefficient (Wildman–Crippen LogP) is 7.54. The summed E-state index contributed by atoms with van der Waals surface area (Å²) >= 11 is 0. The highest BCUT2D eigenvalue weighted by atomic mass is 31.2. The summed E-state index contributed by atoms with van der Waals surface area (Å²) in [5.41, 5.74) is 1.08. The molecular formula is C33H29FOP+. The van der Waals surface area contributed by atoms with Gasteiger partial charge < -0.3 is 4.74 Å². The number of rotatable bonds is 9. The summed E-state index contributed by atoms with van der Waals surface area (Å²) in [6.07, 6.45) is 2.85. The molecule has 0 saturated carbocycles. The zero-order chi connectivity index (χ0) is 24.6. The van der Waals surface area contributed by atoms with Crippen LogP contribution in [-0.2, 0) is 6.42 Å². The van der Waals surface area contributed by atoms with Gasteiger partial charge in [0, 0.05) is 0 Å². The molecule has 0 bridgehead atoms. The van der Waals surface area contributed by atoms with Crippen LogP contribution >= 0.6 is 7.26 Å². The first-order valence-corrected chi connectivity index (χ1v) is 14.3. The van der Waals surface area contributed by atoms with Gasteiger partial charge in [-0.1, -0.05) is 78.9 Å². The minimum Gasteiger partial charge on any atom is -0.454 e. The van der Waals surface area contributed by atoms with Crippen LogP contribution in [0.3, 0.4) is 0 Å². The van der Waals surface area contributed by atoms with Crippen LogP contribution in [0.15, 0.2) is 140 Å². The Labute approximate surface area is 213 Å². The van der Waals surface area contributed by atoms with Crippen LogP contribution < -0.4 is 20.7 Å². The summed E-state index contributed by atoms with van der Waals surface area (Å²) < 4.78 is 20.3. The van der Waals surface area contributed by atoms with E-state index in [9.17, 15) is 4.39 Å². The molecule has 178 valence electrons. The zero-order valence-electron chi connectivity index (χ0n) is 20.1. The summed E-state index contributed by atoms with van der Waals surface area (Å²) in [4.78, 5) is 0. The van der Waals surface area contributed by atoms with Gasteiger partial charge in [-0.05, 0) is 79.1 Å². The molecule has 5 aromatic carbocycles. The Morgan fingerprint density at radius 1 is 0.556 bits per heavy atom. The van der Waals surface area contributed by atoms with Gasteiger partial charge in [0.05, 0.1) is 6.16 Å². The number of hydrogen-bond donors (Lipinski definition) is 0. The second-order valence-corrected chi connectivity index (χ2v) is 12.4. The van der Waals surface area contributed by atoms with E-state index in [-0.39, 0.29) is 11.6 Å². The predicted molar refractivity (Wildman–Crippen MR) is 151 cm³/mol. The first-order valence-electron chi connectivity index (χ1n) is 12.3. The first kappa shape index (κ1) is 24.0.